The van der Waals surface area contributed by atoms with Crippen molar-refractivity contribution in [3.63, 3.8) is 0 Å². The molecule has 0 aliphatic heterocycles. The molecule has 2 aromatic carbocycles. The van der Waals surface area contributed by atoms with E-state index in [-0.39, 0.29) is 12.5 Å². The van der Waals surface area contributed by atoms with Crippen LogP contribution in [0.15, 0.2) is 55.1 Å². The second kappa shape index (κ2) is 7.31. The maximum Gasteiger partial charge on any atom is 0.257 e. The largest absolute Gasteiger partial charge is 0.376 e. The average molecular weight is 295 g/mol. The molecule has 2 rings (SSSR count). The molecule has 0 heterocycles. The van der Waals surface area contributed by atoms with Crippen molar-refractivity contribution in [3.05, 3.63) is 71.8 Å². The van der Waals surface area contributed by atoms with Gasteiger partial charge in [0.15, 0.2) is 0 Å². The Morgan fingerprint density at radius 1 is 1.00 bits per heavy atom. The first kappa shape index (κ1) is 15.6. The smallest absolute Gasteiger partial charge is 0.257 e. The van der Waals surface area contributed by atoms with Gasteiger partial charge in [0, 0.05) is 5.69 Å². The molecular formula is C18H21N3O. The van der Waals surface area contributed by atoms with E-state index in [4.69, 9.17) is 0 Å². The van der Waals surface area contributed by atoms with Crippen LogP contribution in [0.1, 0.15) is 16.7 Å². The Hall–Kier alpha value is -2.75. The molecule has 0 fully saturated rings. The summed E-state index contributed by atoms with van der Waals surface area (Å²) < 4.78 is 0. The van der Waals surface area contributed by atoms with Gasteiger partial charge in [-0.3, -0.25) is 15.6 Å². The number of rotatable bonds is 6. The van der Waals surface area contributed by atoms with E-state index in [0.717, 1.165) is 16.8 Å². The summed E-state index contributed by atoms with van der Waals surface area (Å²) in [6, 6.07) is 15.8. The van der Waals surface area contributed by atoms with E-state index in [2.05, 4.69) is 22.7 Å². The van der Waals surface area contributed by atoms with Crippen LogP contribution in [0.4, 0.5) is 5.69 Å². The van der Waals surface area contributed by atoms with Gasteiger partial charge in [0.1, 0.15) is 0 Å². The molecule has 4 heteroatoms. The molecule has 0 radical (unpaired) electrons. The van der Waals surface area contributed by atoms with Crippen molar-refractivity contribution < 1.29 is 4.79 Å². The monoisotopic (exact) mass is 295 g/mol. The second-order valence-corrected chi connectivity index (χ2v) is 5.19. The fraction of sp³-hybridized carbons (Fsp3) is 0.167. The number of para-hydroxylation sites is 1. The van der Waals surface area contributed by atoms with Gasteiger partial charge in [-0.15, -0.1) is 0 Å². The van der Waals surface area contributed by atoms with Crippen LogP contribution in [-0.4, -0.2) is 12.5 Å². The molecule has 4 nitrogen and oxygen atoms in total. The third-order valence-corrected chi connectivity index (χ3v) is 3.34. The molecule has 22 heavy (non-hydrogen) atoms. The highest BCUT2D eigenvalue weighted by Crippen LogP contribution is 2.12. The number of aryl methyl sites for hydroxylation is 2. The van der Waals surface area contributed by atoms with Crippen molar-refractivity contribution >= 4 is 17.3 Å². The normalized spacial score (nSPS) is 9.91. The molecule has 0 saturated heterocycles. The standard InChI is InChI=1S/C18H21N3O/c1-13-8-10-16(11-9-13)15(3)20-21-18(22)12-19-17-7-5-4-6-14(17)2/h4-11,19-20H,3,12H2,1-2H3,(H,21,22). The van der Waals surface area contributed by atoms with E-state index in [1.165, 1.54) is 5.56 Å². The molecule has 3 N–H and O–H groups in total. The van der Waals surface area contributed by atoms with Gasteiger partial charge in [-0.25, -0.2) is 0 Å². The molecule has 2 aromatic rings. The summed E-state index contributed by atoms with van der Waals surface area (Å²) in [5, 5.41) is 3.10. The van der Waals surface area contributed by atoms with Crippen LogP contribution in [0, 0.1) is 13.8 Å². The number of benzene rings is 2. The third kappa shape index (κ3) is 4.38. The molecule has 0 unspecified atom stereocenters. The number of amides is 1. The molecule has 0 aliphatic rings. The maximum absolute atomic E-state index is 11.8. The zero-order chi connectivity index (χ0) is 15.9. The van der Waals surface area contributed by atoms with Gasteiger partial charge in [0.25, 0.3) is 5.91 Å². The van der Waals surface area contributed by atoms with Gasteiger partial charge >= 0.3 is 0 Å². The predicted octanol–water partition coefficient (Wildman–Crippen LogP) is 3.01. The van der Waals surface area contributed by atoms with Crippen LogP contribution in [0.2, 0.25) is 0 Å². The van der Waals surface area contributed by atoms with E-state index in [1.807, 2.05) is 62.4 Å². The Labute approximate surface area is 131 Å². The first-order valence-electron chi connectivity index (χ1n) is 7.16. The molecule has 0 saturated carbocycles. The van der Waals surface area contributed by atoms with Gasteiger partial charge in [-0.2, -0.15) is 0 Å². The number of hydrazine groups is 1. The lowest BCUT2D eigenvalue weighted by atomic mass is 10.1. The summed E-state index contributed by atoms with van der Waals surface area (Å²) >= 11 is 0. The zero-order valence-corrected chi connectivity index (χ0v) is 12.9. The summed E-state index contributed by atoms with van der Waals surface area (Å²) in [5.41, 5.74) is 10.3. The van der Waals surface area contributed by atoms with Gasteiger partial charge in [0.2, 0.25) is 0 Å². The maximum atomic E-state index is 11.8. The average Bonchev–Trinajstić information content (AvgIpc) is 2.52. The van der Waals surface area contributed by atoms with Crippen molar-refractivity contribution in [1.29, 1.82) is 0 Å². The van der Waals surface area contributed by atoms with Crippen molar-refractivity contribution in [2.24, 2.45) is 0 Å². The van der Waals surface area contributed by atoms with Gasteiger partial charge in [-0.05, 0) is 31.0 Å². The Balaban J connectivity index is 1.79. The van der Waals surface area contributed by atoms with Crippen molar-refractivity contribution in [3.8, 4) is 0 Å². The number of carbonyl (C=O) groups excluding carboxylic acids is 1. The van der Waals surface area contributed by atoms with E-state index in [0.29, 0.717) is 5.70 Å². The minimum absolute atomic E-state index is 0.156. The molecule has 0 bridgehead atoms. The Morgan fingerprint density at radius 2 is 1.68 bits per heavy atom. The lowest BCUT2D eigenvalue weighted by molar-refractivity contribution is -0.120. The number of hydrogen-bond donors (Lipinski definition) is 3. The van der Waals surface area contributed by atoms with Crippen LogP contribution in [0.3, 0.4) is 0 Å². The second-order valence-electron chi connectivity index (χ2n) is 5.19. The van der Waals surface area contributed by atoms with Crippen molar-refractivity contribution in [2.45, 2.75) is 13.8 Å². The van der Waals surface area contributed by atoms with E-state index in [1.54, 1.807) is 0 Å². The fourth-order valence-electron chi connectivity index (χ4n) is 1.96. The lowest BCUT2D eigenvalue weighted by Gasteiger charge is -2.13. The highest BCUT2D eigenvalue weighted by Gasteiger charge is 2.03. The van der Waals surface area contributed by atoms with Crippen molar-refractivity contribution in [2.75, 3.05) is 11.9 Å². The molecule has 0 aliphatic carbocycles. The van der Waals surface area contributed by atoms with E-state index in [9.17, 15) is 4.79 Å². The lowest BCUT2D eigenvalue weighted by Crippen LogP contribution is -2.39. The van der Waals surface area contributed by atoms with Gasteiger partial charge in [0.05, 0.1) is 12.2 Å². The minimum atomic E-state index is -0.156. The summed E-state index contributed by atoms with van der Waals surface area (Å²) in [7, 11) is 0. The first-order chi connectivity index (χ1) is 10.6. The Bertz CT molecular complexity index is 662. The van der Waals surface area contributed by atoms with Crippen molar-refractivity contribution in [1.82, 2.24) is 10.9 Å². The van der Waals surface area contributed by atoms with E-state index >= 15 is 0 Å². The molecule has 0 atom stereocenters. The molecule has 0 aromatic heterocycles. The van der Waals surface area contributed by atoms with Crippen LogP contribution in [0.25, 0.3) is 5.70 Å². The number of carbonyl (C=O) groups is 1. The van der Waals surface area contributed by atoms with E-state index < -0.39 is 0 Å². The summed E-state index contributed by atoms with van der Waals surface area (Å²) in [6.07, 6.45) is 0. The topological polar surface area (TPSA) is 53.2 Å². The third-order valence-electron chi connectivity index (χ3n) is 3.34. The Morgan fingerprint density at radius 3 is 2.36 bits per heavy atom. The van der Waals surface area contributed by atoms with Crippen LogP contribution < -0.4 is 16.2 Å². The summed E-state index contributed by atoms with van der Waals surface area (Å²) in [6.45, 7) is 8.13. The number of hydrogen-bond acceptors (Lipinski definition) is 3. The Kier molecular flexibility index (Phi) is 5.20. The number of anilines is 1. The van der Waals surface area contributed by atoms with Crippen LogP contribution in [0.5, 0.6) is 0 Å². The zero-order valence-electron chi connectivity index (χ0n) is 12.9. The van der Waals surface area contributed by atoms with Crippen LogP contribution >= 0.6 is 0 Å². The number of nitrogens with one attached hydrogen (secondary N) is 3. The first-order valence-corrected chi connectivity index (χ1v) is 7.16. The quantitative estimate of drug-likeness (QED) is 0.718. The minimum Gasteiger partial charge on any atom is -0.376 e. The summed E-state index contributed by atoms with van der Waals surface area (Å²) in [5.74, 6) is -0.156. The van der Waals surface area contributed by atoms with Crippen LogP contribution in [-0.2, 0) is 4.79 Å². The molecule has 1 amide bonds. The highest BCUT2D eigenvalue weighted by atomic mass is 16.2. The fourth-order valence-corrected chi connectivity index (χ4v) is 1.96. The van der Waals surface area contributed by atoms with Gasteiger partial charge < -0.3 is 5.32 Å². The molecule has 0 spiro atoms. The molecular weight excluding hydrogens is 274 g/mol. The molecule has 114 valence electrons. The predicted molar refractivity (Wildman–Crippen MR) is 91.2 cm³/mol. The van der Waals surface area contributed by atoms with Gasteiger partial charge in [-0.1, -0.05) is 54.6 Å². The highest BCUT2D eigenvalue weighted by molar-refractivity contribution is 5.81. The SMILES string of the molecule is C=C(NNC(=O)CNc1ccccc1C)c1ccc(C)cc1. The summed E-state index contributed by atoms with van der Waals surface area (Å²) in [4.78, 5) is 11.8.